The number of ether oxygens (including phenoxy) is 1. The number of nitriles is 1. The summed E-state index contributed by atoms with van der Waals surface area (Å²) in [4.78, 5) is 24.6. The van der Waals surface area contributed by atoms with Crippen molar-refractivity contribution >= 4 is 23.4 Å². The molecule has 2 amide bonds. The number of halogens is 2. The van der Waals surface area contributed by atoms with E-state index in [1.54, 1.807) is 0 Å². The standard InChI is InChI=1S/C21H18ClFN4O4/c22-14-2-1-13(5-15(14)23)30-7-16(28)25-18(29)20-8-21(9-20,10-20)19-27-26-17(31-19)12-3-11(4-12)6-24/h1-2,5,11-12H,3-4,7-10H2,(H,25,28,29). The van der Waals surface area contributed by atoms with Gasteiger partial charge in [-0.25, -0.2) is 4.39 Å². The van der Waals surface area contributed by atoms with E-state index in [2.05, 4.69) is 21.6 Å². The summed E-state index contributed by atoms with van der Waals surface area (Å²) < 4.78 is 24.5. The van der Waals surface area contributed by atoms with E-state index >= 15 is 0 Å². The van der Waals surface area contributed by atoms with Gasteiger partial charge in [-0.1, -0.05) is 11.6 Å². The van der Waals surface area contributed by atoms with Crippen molar-refractivity contribution in [1.29, 1.82) is 5.26 Å². The molecule has 2 bridgehead atoms. The number of hydrogen-bond donors (Lipinski definition) is 1. The lowest BCUT2D eigenvalue weighted by Crippen LogP contribution is -2.70. The van der Waals surface area contributed by atoms with E-state index in [-0.39, 0.29) is 33.9 Å². The number of carbonyl (C=O) groups excluding carboxylic acids is 2. The summed E-state index contributed by atoms with van der Waals surface area (Å²) in [7, 11) is 0. The summed E-state index contributed by atoms with van der Waals surface area (Å²) in [6.45, 7) is -0.411. The molecule has 4 aliphatic carbocycles. The highest BCUT2D eigenvalue weighted by molar-refractivity contribution is 6.30. The second kappa shape index (κ2) is 7.02. The fourth-order valence-electron chi connectivity index (χ4n) is 4.81. The van der Waals surface area contributed by atoms with Crippen molar-refractivity contribution in [2.24, 2.45) is 11.3 Å². The maximum atomic E-state index is 13.4. The number of benzene rings is 1. The molecule has 1 heterocycles. The Morgan fingerprint density at radius 1 is 1.32 bits per heavy atom. The molecule has 6 rings (SSSR count). The monoisotopic (exact) mass is 444 g/mol. The van der Waals surface area contributed by atoms with Crippen molar-refractivity contribution in [3.05, 3.63) is 40.8 Å². The van der Waals surface area contributed by atoms with Crippen molar-refractivity contribution in [2.75, 3.05) is 6.61 Å². The van der Waals surface area contributed by atoms with E-state index in [9.17, 15) is 14.0 Å². The van der Waals surface area contributed by atoms with Gasteiger partial charge >= 0.3 is 0 Å². The molecule has 0 spiro atoms. The molecule has 160 valence electrons. The maximum absolute atomic E-state index is 13.4. The zero-order valence-corrected chi connectivity index (χ0v) is 17.1. The first-order valence-electron chi connectivity index (χ1n) is 9.98. The van der Waals surface area contributed by atoms with Crippen molar-refractivity contribution in [1.82, 2.24) is 15.5 Å². The van der Waals surface area contributed by atoms with Crippen LogP contribution in [0.2, 0.25) is 5.02 Å². The van der Waals surface area contributed by atoms with Crippen LogP contribution in [0.4, 0.5) is 4.39 Å². The van der Waals surface area contributed by atoms with Crippen molar-refractivity contribution < 1.29 is 23.1 Å². The highest BCUT2D eigenvalue weighted by Gasteiger charge is 2.74. The summed E-state index contributed by atoms with van der Waals surface area (Å²) in [5.74, 6) is -0.149. The Kier molecular flexibility index (Phi) is 4.52. The molecule has 1 aromatic heterocycles. The molecule has 4 saturated carbocycles. The largest absolute Gasteiger partial charge is 0.484 e. The number of rotatable bonds is 6. The van der Waals surface area contributed by atoms with E-state index in [4.69, 9.17) is 26.0 Å². The molecule has 8 nitrogen and oxygen atoms in total. The van der Waals surface area contributed by atoms with Crippen molar-refractivity contribution in [2.45, 2.75) is 43.4 Å². The van der Waals surface area contributed by atoms with Gasteiger partial charge in [-0.15, -0.1) is 10.2 Å². The van der Waals surface area contributed by atoms with Gasteiger partial charge in [0.1, 0.15) is 11.6 Å². The minimum absolute atomic E-state index is 0.0445. The highest BCUT2D eigenvalue weighted by atomic mass is 35.5. The minimum Gasteiger partial charge on any atom is -0.484 e. The van der Waals surface area contributed by atoms with Gasteiger partial charge < -0.3 is 9.15 Å². The van der Waals surface area contributed by atoms with Crippen LogP contribution < -0.4 is 10.1 Å². The number of aromatic nitrogens is 2. The number of hydrogen-bond acceptors (Lipinski definition) is 7. The van der Waals surface area contributed by atoms with Crippen molar-refractivity contribution in [3.63, 3.8) is 0 Å². The second-order valence-corrected chi connectivity index (χ2v) is 9.18. The maximum Gasteiger partial charge on any atom is 0.264 e. The quantitative estimate of drug-likeness (QED) is 0.727. The van der Waals surface area contributed by atoms with Gasteiger partial charge in [0.15, 0.2) is 6.61 Å². The minimum atomic E-state index is -0.652. The average Bonchev–Trinajstić information content (AvgIpc) is 3.09. The van der Waals surface area contributed by atoms with Crippen LogP contribution in [0.3, 0.4) is 0 Å². The smallest absolute Gasteiger partial charge is 0.264 e. The lowest BCUT2D eigenvalue weighted by atomic mass is 9.34. The molecule has 0 saturated heterocycles. The number of nitrogens with one attached hydrogen (secondary N) is 1. The lowest BCUT2D eigenvalue weighted by Gasteiger charge is -2.67. The lowest BCUT2D eigenvalue weighted by molar-refractivity contribution is -0.182. The van der Waals surface area contributed by atoms with Gasteiger partial charge in [0, 0.05) is 17.9 Å². The number of imide groups is 1. The molecule has 31 heavy (non-hydrogen) atoms. The van der Waals surface area contributed by atoms with Crippen LogP contribution in [0.5, 0.6) is 5.75 Å². The first-order chi connectivity index (χ1) is 14.8. The predicted molar refractivity (Wildman–Crippen MR) is 103 cm³/mol. The molecule has 4 fully saturated rings. The third-order valence-corrected chi connectivity index (χ3v) is 6.90. The van der Waals surface area contributed by atoms with Crippen LogP contribution in [-0.4, -0.2) is 28.6 Å². The topological polar surface area (TPSA) is 118 Å². The van der Waals surface area contributed by atoms with Crippen LogP contribution in [-0.2, 0) is 15.0 Å². The molecular formula is C21H18ClFN4O4. The summed E-state index contributed by atoms with van der Waals surface area (Å²) >= 11 is 5.60. The Bertz CT molecular complexity index is 1100. The van der Waals surface area contributed by atoms with Gasteiger partial charge in [-0.3, -0.25) is 14.9 Å². The van der Waals surface area contributed by atoms with Gasteiger partial charge in [-0.2, -0.15) is 5.26 Å². The fourth-order valence-corrected chi connectivity index (χ4v) is 4.92. The Hall–Kier alpha value is -2.99. The molecule has 4 aliphatic rings. The first-order valence-corrected chi connectivity index (χ1v) is 10.4. The molecule has 10 heteroatoms. The molecule has 0 unspecified atom stereocenters. The Morgan fingerprint density at radius 3 is 2.74 bits per heavy atom. The van der Waals surface area contributed by atoms with Crippen LogP contribution in [0.25, 0.3) is 0 Å². The first kappa shape index (κ1) is 19.9. The van der Waals surface area contributed by atoms with Crippen LogP contribution in [0.1, 0.15) is 49.8 Å². The third-order valence-electron chi connectivity index (χ3n) is 6.59. The van der Waals surface area contributed by atoms with E-state index in [1.807, 2.05) is 0 Å². The molecule has 0 atom stereocenters. The fraction of sp³-hybridized carbons (Fsp3) is 0.476. The molecule has 0 radical (unpaired) electrons. The molecule has 2 aromatic rings. The average molecular weight is 445 g/mol. The number of nitrogens with zero attached hydrogens (tertiary/aromatic N) is 3. The summed E-state index contributed by atoms with van der Waals surface area (Å²) in [6.07, 6.45) is 3.13. The van der Waals surface area contributed by atoms with E-state index in [1.165, 1.54) is 12.1 Å². The second-order valence-electron chi connectivity index (χ2n) is 8.77. The summed E-state index contributed by atoms with van der Waals surface area (Å²) in [5.41, 5.74) is -0.888. The summed E-state index contributed by atoms with van der Waals surface area (Å²) in [6, 6.07) is 6.07. The SMILES string of the molecule is N#CC1CC(c2nnc(C34CC(C(=O)NC(=O)COc5ccc(Cl)c(F)c5)(C3)C4)o2)C1. The van der Waals surface area contributed by atoms with Crippen molar-refractivity contribution in [3.8, 4) is 11.8 Å². The van der Waals surface area contributed by atoms with E-state index < -0.39 is 23.7 Å². The summed E-state index contributed by atoms with van der Waals surface area (Å²) in [5, 5.41) is 19.5. The zero-order chi connectivity index (χ0) is 21.8. The van der Waals surface area contributed by atoms with Gasteiger partial charge in [0.25, 0.3) is 5.91 Å². The van der Waals surface area contributed by atoms with Crippen LogP contribution in [0, 0.1) is 28.5 Å². The Labute approximate surface area is 181 Å². The number of amides is 2. The van der Waals surface area contributed by atoms with Crippen LogP contribution in [0.15, 0.2) is 22.6 Å². The van der Waals surface area contributed by atoms with E-state index in [0.717, 1.165) is 18.9 Å². The molecule has 0 aliphatic heterocycles. The third kappa shape index (κ3) is 3.26. The van der Waals surface area contributed by atoms with Gasteiger partial charge in [-0.05, 0) is 44.2 Å². The van der Waals surface area contributed by atoms with Gasteiger partial charge in [0.2, 0.25) is 17.7 Å². The molecular weight excluding hydrogens is 427 g/mol. The Balaban J connectivity index is 1.11. The predicted octanol–water partition coefficient (Wildman–Crippen LogP) is 3.02. The van der Waals surface area contributed by atoms with Gasteiger partial charge in [0.05, 0.1) is 21.9 Å². The normalized spacial score (nSPS) is 30.2. The number of carbonyl (C=O) groups is 2. The zero-order valence-electron chi connectivity index (χ0n) is 16.4. The van der Waals surface area contributed by atoms with Crippen LogP contribution >= 0.6 is 11.6 Å². The Morgan fingerprint density at radius 2 is 2.06 bits per heavy atom. The molecule has 1 aromatic carbocycles. The molecule has 1 N–H and O–H groups in total. The highest BCUT2D eigenvalue weighted by Crippen LogP contribution is 2.73. The van der Waals surface area contributed by atoms with E-state index in [0.29, 0.717) is 31.0 Å².